The minimum absolute atomic E-state index is 0.0251. The quantitative estimate of drug-likeness (QED) is 0.780. The lowest BCUT2D eigenvalue weighted by Crippen LogP contribution is -2.33. The van der Waals surface area contributed by atoms with Crippen molar-refractivity contribution in [2.45, 2.75) is 19.8 Å². The Labute approximate surface area is 122 Å². The molecule has 6 heteroatoms. The summed E-state index contributed by atoms with van der Waals surface area (Å²) >= 11 is 5.75. The number of amides is 2. The van der Waals surface area contributed by atoms with Gasteiger partial charge in [0.25, 0.3) is 0 Å². The maximum absolute atomic E-state index is 11.8. The third-order valence-electron chi connectivity index (χ3n) is 3.47. The normalized spacial score (nSPS) is 15.5. The second kappa shape index (κ2) is 6.13. The van der Waals surface area contributed by atoms with Crippen LogP contribution in [0.2, 0.25) is 5.02 Å². The third-order valence-corrected chi connectivity index (χ3v) is 3.71. The molecule has 0 aromatic heterocycles. The number of aromatic carboxylic acids is 1. The zero-order chi connectivity index (χ0) is 14.7. The summed E-state index contributed by atoms with van der Waals surface area (Å²) in [4.78, 5) is 22.9. The van der Waals surface area contributed by atoms with Crippen molar-refractivity contribution in [2.75, 3.05) is 11.9 Å². The van der Waals surface area contributed by atoms with Crippen LogP contribution in [0.25, 0.3) is 0 Å². The van der Waals surface area contributed by atoms with E-state index in [-0.39, 0.29) is 11.3 Å². The average molecular weight is 297 g/mol. The molecule has 1 fully saturated rings. The van der Waals surface area contributed by atoms with Crippen molar-refractivity contribution < 1.29 is 14.7 Å². The Balaban J connectivity index is 1.94. The molecule has 5 nitrogen and oxygen atoms in total. The summed E-state index contributed by atoms with van der Waals surface area (Å²) in [7, 11) is 0. The summed E-state index contributed by atoms with van der Waals surface area (Å²) in [6.45, 7) is 2.69. The number of nitrogens with one attached hydrogen (secondary N) is 2. The van der Waals surface area contributed by atoms with E-state index in [0.29, 0.717) is 23.4 Å². The van der Waals surface area contributed by atoms with E-state index in [9.17, 15) is 9.59 Å². The molecule has 0 heterocycles. The first-order valence-corrected chi connectivity index (χ1v) is 6.93. The molecule has 108 valence electrons. The Morgan fingerprint density at radius 2 is 2.15 bits per heavy atom. The van der Waals surface area contributed by atoms with E-state index in [0.717, 1.165) is 0 Å². The standard InChI is InChI=1S/C14H17ClN2O3/c1-8(9-2-3-9)7-16-14(20)17-12-5-4-10(15)6-11(12)13(18)19/h4-6,8-9H,2-3,7H2,1H3,(H,18,19)(H2,16,17,20). The van der Waals surface area contributed by atoms with E-state index in [4.69, 9.17) is 16.7 Å². The molecule has 0 bridgehead atoms. The van der Waals surface area contributed by atoms with Crippen molar-refractivity contribution in [3.05, 3.63) is 28.8 Å². The predicted octanol–water partition coefficient (Wildman–Crippen LogP) is 3.21. The van der Waals surface area contributed by atoms with E-state index in [1.807, 2.05) is 0 Å². The molecule has 1 aromatic carbocycles. The minimum Gasteiger partial charge on any atom is -0.478 e. The van der Waals surface area contributed by atoms with E-state index in [2.05, 4.69) is 17.6 Å². The summed E-state index contributed by atoms with van der Waals surface area (Å²) in [6, 6.07) is 3.93. The SMILES string of the molecule is CC(CNC(=O)Nc1ccc(Cl)cc1C(=O)O)C1CC1. The summed E-state index contributed by atoms with van der Waals surface area (Å²) in [5.41, 5.74) is 0.210. The van der Waals surface area contributed by atoms with Crippen molar-refractivity contribution >= 4 is 29.3 Å². The molecule has 20 heavy (non-hydrogen) atoms. The van der Waals surface area contributed by atoms with Crippen LogP contribution < -0.4 is 10.6 Å². The fourth-order valence-corrected chi connectivity index (χ4v) is 2.23. The molecule has 2 rings (SSSR count). The molecule has 0 aliphatic heterocycles. The number of carboxylic acids is 1. The zero-order valence-electron chi connectivity index (χ0n) is 11.1. The number of hydrogen-bond donors (Lipinski definition) is 3. The van der Waals surface area contributed by atoms with Crippen LogP contribution in [-0.2, 0) is 0 Å². The van der Waals surface area contributed by atoms with E-state index in [1.165, 1.54) is 31.0 Å². The van der Waals surface area contributed by atoms with Gasteiger partial charge in [0.2, 0.25) is 0 Å². The highest BCUT2D eigenvalue weighted by Gasteiger charge is 2.27. The minimum atomic E-state index is -1.13. The molecule has 1 aliphatic carbocycles. The van der Waals surface area contributed by atoms with Gasteiger partial charge in [-0.1, -0.05) is 18.5 Å². The lowest BCUT2D eigenvalue weighted by Gasteiger charge is -2.13. The smallest absolute Gasteiger partial charge is 0.337 e. The molecule has 1 atom stereocenters. The number of carbonyl (C=O) groups is 2. The van der Waals surface area contributed by atoms with Crippen molar-refractivity contribution in [1.82, 2.24) is 5.32 Å². The highest BCUT2D eigenvalue weighted by Crippen LogP contribution is 2.36. The van der Waals surface area contributed by atoms with Gasteiger partial charge in [0, 0.05) is 11.6 Å². The number of carboxylic acid groups (broad SMARTS) is 1. The summed E-state index contributed by atoms with van der Waals surface area (Å²) in [5.74, 6) is 0.0273. The van der Waals surface area contributed by atoms with Gasteiger partial charge >= 0.3 is 12.0 Å². The number of rotatable bonds is 5. The van der Waals surface area contributed by atoms with Crippen LogP contribution in [0.15, 0.2) is 18.2 Å². The molecular formula is C14H17ClN2O3. The second-order valence-corrected chi connectivity index (χ2v) is 5.58. The highest BCUT2D eigenvalue weighted by atomic mass is 35.5. The molecule has 0 spiro atoms. The maximum Gasteiger partial charge on any atom is 0.337 e. The van der Waals surface area contributed by atoms with Crippen molar-refractivity contribution in [3.63, 3.8) is 0 Å². The summed E-state index contributed by atoms with van der Waals surface area (Å²) in [5, 5.41) is 14.7. The first kappa shape index (κ1) is 14.7. The van der Waals surface area contributed by atoms with Gasteiger partial charge < -0.3 is 15.7 Å². The molecule has 2 amide bonds. The third kappa shape index (κ3) is 3.87. The monoisotopic (exact) mass is 296 g/mol. The number of anilines is 1. The van der Waals surface area contributed by atoms with E-state index < -0.39 is 12.0 Å². The Morgan fingerprint density at radius 1 is 1.45 bits per heavy atom. The molecule has 0 saturated heterocycles. The number of carbonyl (C=O) groups excluding carboxylic acids is 1. The Morgan fingerprint density at radius 3 is 2.75 bits per heavy atom. The topological polar surface area (TPSA) is 78.4 Å². The highest BCUT2D eigenvalue weighted by molar-refractivity contribution is 6.31. The number of hydrogen-bond acceptors (Lipinski definition) is 2. The molecule has 3 N–H and O–H groups in total. The van der Waals surface area contributed by atoms with Gasteiger partial charge in [-0.2, -0.15) is 0 Å². The van der Waals surface area contributed by atoms with Crippen LogP contribution in [0.4, 0.5) is 10.5 Å². The van der Waals surface area contributed by atoms with Gasteiger partial charge in [-0.3, -0.25) is 0 Å². The Hall–Kier alpha value is -1.75. The first-order valence-electron chi connectivity index (χ1n) is 6.55. The first-order chi connectivity index (χ1) is 9.47. The van der Waals surface area contributed by atoms with Gasteiger partial charge in [0.05, 0.1) is 11.3 Å². The molecule has 0 radical (unpaired) electrons. The van der Waals surface area contributed by atoms with Crippen LogP contribution in [0.1, 0.15) is 30.1 Å². The Kier molecular flexibility index (Phi) is 4.49. The van der Waals surface area contributed by atoms with Crippen LogP contribution in [-0.4, -0.2) is 23.7 Å². The molecular weight excluding hydrogens is 280 g/mol. The Bertz CT molecular complexity index is 529. The number of halogens is 1. The fourth-order valence-electron chi connectivity index (χ4n) is 2.05. The van der Waals surface area contributed by atoms with Crippen molar-refractivity contribution in [3.8, 4) is 0 Å². The number of benzene rings is 1. The molecule has 1 saturated carbocycles. The lowest BCUT2D eigenvalue weighted by molar-refractivity contribution is 0.0698. The maximum atomic E-state index is 11.8. The van der Waals surface area contributed by atoms with Crippen LogP contribution >= 0.6 is 11.6 Å². The average Bonchev–Trinajstić information content (AvgIpc) is 3.22. The summed E-state index contributed by atoms with van der Waals surface area (Å²) < 4.78 is 0. The van der Waals surface area contributed by atoms with Gasteiger partial charge in [0.1, 0.15) is 0 Å². The van der Waals surface area contributed by atoms with Crippen molar-refractivity contribution in [2.24, 2.45) is 11.8 Å². The largest absolute Gasteiger partial charge is 0.478 e. The lowest BCUT2D eigenvalue weighted by atomic mass is 10.1. The van der Waals surface area contributed by atoms with E-state index >= 15 is 0 Å². The summed E-state index contributed by atoms with van der Waals surface area (Å²) in [6.07, 6.45) is 2.45. The van der Waals surface area contributed by atoms with Gasteiger partial charge in [0.15, 0.2) is 0 Å². The molecule has 1 aliphatic rings. The van der Waals surface area contributed by atoms with Crippen molar-refractivity contribution in [1.29, 1.82) is 0 Å². The second-order valence-electron chi connectivity index (χ2n) is 5.14. The predicted molar refractivity (Wildman–Crippen MR) is 77.3 cm³/mol. The van der Waals surface area contributed by atoms with Crippen LogP contribution in [0.5, 0.6) is 0 Å². The van der Waals surface area contributed by atoms with E-state index in [1.54, 1.807) is 0 Å². The molecule has 1 aromatic rings. The van der Waals surface area contributed by atoms with Gasteiger partial charge in [-0.15, -0.1) is 0 Å². The fraction of sp³-hybridized carbons (Fsp3) is 0.429. The number of urea groups is 1. The van der Waals surface area contributed by atoms with Crippen LogP contribution in [0.3, 0.4) is 0 Å². The van der Waals surface area contributed by atoms with Crippen LogP contribution in [0, 0.1) is 11.8 Å². The molecule has 1 unspecified atom stereocenters. The zero-order valence-corrected chi connectivity index (χ0v) is 11.9. The van der Waals surface area contributed by atoms with Gasteiger partial charge in [-0.25, -0.2) is 9.59 Å². The van der Waals surface area contributed by atoms with Gasteiger partial charge in [-0.05, 0) is 42.9 Å².